The number of hydrogen-bond donors (Lipinski definition) is 0. The third-order valence-corrected chi connectivity index (χ3v) is 5.02. The van der Waals surface area contributed by atoms with Crippen molar-refractivity contribution in [3.63, 3.8) is 0 Å². The topological polar surface area (TPSA) is 0 Å². The average Bonchev–Trinajstić information content (AvgIpc) is 3.13. The molecule has 106 valence electrons. The molecule has 0 bridgehead atoms. The zero-order chi connectivity index (χ0) is 14.4. The molecule has 2 aromatic rings. The van der Waals surface area contributed by atoms with E-state index < -0.39 is 0 Å². The average molecular weight is 278 g/mol. The van der Waals surface area contributed by atoms with E-state index in [2.05, 4.69) is 31.2 Å². The molecule has 1 heteroatoms. The van der Waals surface area contributed by atoms with Gasteiger partial charge in [0.2, 0.25) is 0 Å². The molecule has 0 aromatic heterocycles. The van der Waals surface area contributed by atoms with Gasteiger partial charge in [-0.25, -0.2) is 4.39 Å². The lowest BCUT2D eigenvalue weighted by molar-refractivity contribution is 0.568. The molecule has 2 aliphatic rings. The molecule has 2 aliphatic carbocycles. The van der Waals surface area contributed by atoms with Gasteiger partial charge in [-0.2, -0.15) is 0 Å². The zero-order valence-corrected chi connectivity index (χ0v) is 12.3. The van der Waals surface area contributed by atoms with Gasteiger partial charge in [0, 0.05) is 0 Å². The normalized spacial score (nSPS) is 19.3. The van der Waals surface area contributed by atoms with E-state index in [1.807, 2.05) is 12.1 Å². The van der Waals surface area contributed by atoms with Gasteiger partial charge in [-0.15, -0.1) is 0 Å². The quantitative estimate of drug-likeness (QED) is 0.669. The van der Waals surface area contributed by atoms with E-state index in [-0.39, 0.29) is 5.82 Å². The molecule has 1 spiro atoms. The number of halogens is 1. The van der Waals surface area contributed by atoms with Crippen molar-refractivity contribution in [3.8, 4) is 0 Å². The molecule has 2 aromatic carbocycles. The summed E-state index contributed by atoms with van der Waals surface area (Å²) in [5, 5.41) is 0. The molecular weight excluding hydrogens is 259 g/mol. The molecule has 0 N–H and O–H groups in total. The fourth-order valence-corrected chi connectivity index (χ4v) is 3.51. The van der Waals surface area contributed by atoms with Gasteiger partial charge in [0.1, 0.15) is 5.82 Å². The summed E-state index contributed by atoms with van der Waals surface area (Å²) in [6.07, 6.45) is 5.02. The van der Waals surface area contributed by atoms with Gasteiger partial charge in [-0.05, 0) is 72.4 Å². The summed E-state index contributed by atoms with van der Waals surface area (Å²) in [5.74, 6) is -0.157. The lowest BCUT2D eigenvalue weighted by Crippen LogP contribution is -1.92. The minimum Gasteiger partial charge on any atom is -0.207 e. The van der Waals surface area contributed by atoms with Crippen LogP contribution in [0.25, 0.3) is 11.1 Å². The smallest absolute Gasteiger partial charge is 0.123 e. The Morgan fingerprint density at radius 3 is 1.71 bits per heavy atom. The fourth-order valence-electron chi connectivity index (χ4n) is 3.51. The van der Waals surface area contributed by atoms with E-state index >= 15 is 0 Å². The summed E-state index contributed by atoms with van der Waals surface area (Å²) in [7, 11) is 0. The van der Waals surface area contributed by atoms with Gasteiger partial charge in [0.15, 0.2) is 0 Å². The van der Waals surface area contributed by atoms with Crippen molar-refractivity contribution in [1.29, 1.82) is 0 Å². The summed E-state index contributed by atoms with van der Waals surface area (Å²) in [5.41, 5.74) is 7.24. The predicted molar refractivity (Wildman–Crippen MR) is 85.3 cm³/mol. The molecule has 4 rings (SSSR count). The van der Waals surface area contributed by atoms with Crippen molar-refractivity contribution in [2.45, 2.75) is 32.6 Å². The Morgan fingerprint density at radius 1 is 0.762 bits per heavy atom. The zero-order valence-electron chi connectivity index (χ0n) is 12.3. The maximum absolute atomic E-state index is 13.2. The van der Waals surface area contributed by atoms with Crippen LogP contribution >= 0.6 is 0 Å². The van der Waals surface area contributed by atoms with E-state index in [0.29, 0.717) is 5.41 Å². The number of allylic oxidation sites excluding steroid dienone is 2. The molecule has 1 saturated carbocycles. The second kappa shape index (κ2) is 4.56. The highest BCUT2D eigenvalue weighted by molar-refractivity contribution is 5.94. The first-order valence-corrected chi connectivity index (χ1v) is 7.70. The maximum Gasteiger partial charge on any atom is 0.123 e. The Kier molecular flexibility index (Phi) is 2.78. The van der Waals surface area contributed by atoms with E-state index in [1.54, 1.807) is 12.1 Å². The monoisotopic (exact) mass is 278 g/mol. The molecule has 0 unspecified atom stereocenters. The largest absolute Gasteiger partial charge is 0.207 e. The van der Waals surface area contributed by atoms with E-state index in [4.69, 9.17) is 0 Å². The third kappa shape index (κ3) is 2.31. The molecule has 0 atom stereocenters. The van der Waals surface area contributed by atoms with Gasteiger partial charge in [-0.1, -0.05) is 42.0 Å². The highest BCUT2D eigenvalue weighted by atomic mass is 19.1. The Hall–Kier alpha value is -1.89. The Bertz CT molecular complexity index is 641. The van der Waals surface area contributed by atoms with Crippen molar-refractivity contribution < 1.29 is 4.39 Å². The minimum absolute atomic E-state index is 0.157. The lowest BCUT2D eigenvalue weighted by atomic mass is 9.96. The summed E-state index contributed by atoms with van der Waals surface area (Å²) < 4.78 is 13.2. The summed E-state index contributed by atoms with van der Waals surface area (Å²) in [4.78, 5) is 0. The van der Waals surface area contributed by atoms with Crippen molar-refractivity contribution in [1.82, 2.24) is 0 Å². The number of benzene rings is 2. The Labute approximate surface area is 125 Å². The molecule has 0 aliphatic heterocycles. The minimum atomic E-state index is -0.157. The summed E-state index contributed by atoms with van der Waals surface area (Å²) >= 11 is 0. The van der Waals surface area contributed by atoms with Crippen LogP contribution in [0.5, 0.6) is 0 Å². The van der Waals surface area contributed by atoms with Gasteiger partial charge in [0.05, 0.1) is 0 Å². The second-order valence-electron chi connectivity index (χ2n) is 6.68. The van der Waals surface area contributed by atoms with Crippen LogP contribution in [-0.4, -0.2) is 0 Å². The molecule has 0 radical (unpaired) electrons. The van der Waals surface area contributed by atoms with E-state index in [9.17, 15) is 4.39 Å². The number of rotatable bonds is 2. The van der Waals surface area contributed by atoms with Gasteiger partial charge in [0.25, 0.3) is 0 Å². The van der Waals surface area contributed by atoms with Crippen LogP contribution in [0.2, 0.25) is 0 Å². The highest BCUT2D eigenvalue weighted by Gasteiger charge is 2.48. The molecule has 1 fully saturated rings. The van der Waals surface area contributed by atoms with Crippen molar-refractivity contribution in [3.05, 3.63) is 71.0 Å². The second-order valence-corrected chi connectivity index (χ2v) is 6.68. The van der Waals surface area contributed by atoms with E-state index in [1.165, 1.54) is 47.1 Å². The van der Waals surface area contributed by atoms with Gasteiger partial charge in [-0.3, -0.25) is 0 Å². The lowest BCUT2D eigenvalue weighted by Gasteiger charge is -2.08. The van der Waals surface area contributed by atoms with E-state index in [0.717, 1.165) is 6.42 Å². The van der Waals surface area contributed by atoms with Gasteiger partial charge >= 0.3 is 0 Å². The van der Waals surface area contributed by atoms with Gasteiger partial charge < -0.3 is 0 Å². The molecule has 21 heavy (non-hydrogen) atoms. The van der Waals surface area contributed by atoms with Crippen LogP contribution in [0.3, 0.4) is 0 Å². The van der Waals surface area contributed by atoms with Crippen LogP contribution in [-0.2, 0) is 0 Å². The maximum atomic E-state index is 13.2. The molecular formula is C20H19F. The molecule has 0 amide bonds. The van der Waals surface area contributed by atoms with Crippen LogP contribution in [0.4, 0.5) is 4.39 Å². The predicted octanol–water partition coefficient (Wildman–Crippen LogP) is 5.62. The standard InChI is InChI=1S/C20H19F/c1-14-2-4-15(5-3-14)18-12-20(10-11-20)13-19(18)16-6-8-17(21)9-7-16/h2-9H,10-13H2,1H3. The van der Waals surface area contributed by atoms with Crippen molar-refractivity contribution in [2.75, 3.05) is 0 Å². The fraction of sp³-hybridized carbons (Fsp3) is 0.300. The molecule has 0 saturated heterocycles. The Balaban J connectivity index is 1.80. The van der Waals surface area contributed by atoms with Crippen LogP contribution in [0.1, 0.15) is 42.4 Å². The first-order chi connectivity index (χ1) is 10.2. The first kappa shape index (κ1) is 12.8. The summed E-state index contributed by atoms with van der Waals surface area (Å²) in [6.45, 7) is 2.12. The molecule has 0 heterocycles. The Morgan fingerprint density at radius 2 is 1.24 bits per heavy atom. The highest BCUT2D eigenvalue weighted by Crippen LogP contribution is 2.63. The SMILES string of the molecule is Cc1ccc(C2=C(c3ccc(F)cc3)CC3(CC3)C2)cc1. The van der Waals surface area contributed by atoms with Crippen LogP contribution in [0.15, 0.2) is 48.5 Å². The number of hydrogen-bond acceptors (Lipinski definition) is 0. The van der Waals surface area contributed by atoms with Crippen molar-refractivity contribution in [2.24, 2.45) is 5.41 Å². The summed E-state index contributed by atoms with van der Waals surface area (Å²) in [6, 6.07) is 15.8. The van der Waals surface area contributed by atoms with Crippen LogP contribution < -0.4 is 0 Å². The number of aryl methyl sites for hydroxylation is 1. The first-order valence-electron chi connectivity index (χ1n) is 7.70. The molecule has 0 nitrogen and oxygen atoms in total. The third-order valence-electron chi connectivity index (χ3n) is 5.02. The van der Waals surface area contributed by atoms with Crippen molar-refractivity contribution >= 4 is 11.1 Å². The van der Waals surface area contributed by atoms with Crippen LogP contribution in [0, 0.1) is 18.2 Å².